The lowest BCUT2D eigenvalue weighted by molar-refractivity contribution is 0.101. The van der Waals surface area contributed by atoms with Crippen LogP contribution in [0.1, 0.15) is 22.8 Å². The van der Waals surface area contributed by atoms with Gasteiger partial charge in [-0.25, -0.2) is 0 Å². The number of carbonyl (C=O) groups excluding carboxylic acids is 1. The number of ketones is 1. The summed E-state index contributed by atoms with van der Waals surface area (Å²) in [6, 6.07) is 19.3. The number of rotatable bonds is 2. The second-order valence-corrected chi connectivity index (χ2v) is 3.54. The zero-order valence-electron chi connectivity index (χ0n) is 9.97. The summed E-state index contributed by atoms with van der Waals surface area (Å²) >= 11 is 0. The van der Waals surface area contributed by atoms with Crippen molar-refractivity contribution in [3.63, 3.8) is 0 Å². The molecule has 0 fully saturated rings. The topological polar surface area (TPSA) is 17.1 Å². The smallest absolute Gasteiger partial charge is 0.159 e. The van der Waals surface area contributed by atoms with Gasteiger partial charge >= 0.3 is 0 Å². The summed E-state index contributed by atoms with van der Waals surface area (Å²) in [6.45, 7) is 5.20. The first-order valence-corrected chi connectivity index (χ1v) is 5.47. The van der Waals surface area contributed by atoms with E-state index in [2.05, 4.69) is 6.58 Å². The fourth-order valence-electron chi connectivity index (χ4n) is 1.26. The maximum Gasteiger partial charge on any atom is 0.159 e. The molecule has 0 radical (unpaired) electrons. The van der Waals surface area contributed by atoms with Crippen LogP contribution in [0, 0.1) is 0 Å². The van der Waals surface area contributed by atoms with Crippen LogP contribution in [0.25, 0.3) is 6.08 Å². The van der Waals surface area contributed by atoms with E-state index < -0.39 is 0 Å². The van der Waals surface area contributed by atoms with E-state index in [9.17, 15) is 4.79 Å². The van der Waals surface area contributed by atoms with Crippen molar-refractivity contribution in [2.75, 3.05) is 0 Å². The second kappa shape index (κ2) is 7.18. The van der Waals surface area contributed by atoms with E-state index in [0.717, 1.165) is 5.56 Å². The van der Waals surface area contributed by atoms with Gasteiger partial charge in [0, 0.05) is 5.56 Å². The number of Topliss-reactive ketones (excluding diaryl/α,β-unsaturated/α-hetero) is 1. The van der Waals surface area contributed by atoms with Crippen LogP contribution in [-0.2, 0) is 0 Å². The van der Waals surface area contributed by atoms with Crippen LogP contribution in [0.4, 0.5) is 0 Å². The molecule has 2 aromatic rings. The van der Waals surface area contributed by atoms with Crippen molar-refractivity contribution in [3.05, 3.63) is 78.4 Å². The molecule has 0 saturated heterocycles. The first-order valence-electron chi connectivity index (χ1n) is 5.47. The molecule has 0 unspecified atom stereocenters. The van der Waals surface area contributed by atoms with Crippen LogP contribution in [-0.4, -0.2) is 5.78 Å². The number of benzene rings is 2. The zero-order chi connectivity index (χ0) is 12.5. The van der Waals surface area contributed by atoms with Crippen molar-refractivity contribution in [2.45, 2.75) is 6.92 Å². The molecule has 0 aliphatic heterocycles. The molecule has 86 valence electrons. The minimum Gasteiger partial charge on any atom is -0.295 e. The molecule has 2 rings (SSSR count). The third-order valence-corrected chi connectivity index (χ3v) is 2.22. The summed E-state index contributed by atoms with van der Waals surface area (Å²) in [4.78, 5) is 10.6. The highest BCUT2D eigenvalue weighted by Crippen LogP contribution is 1.98. The van der Waals surface area contributed by atoms with Crippen molar-refractivity contribution in [2.24, 2.45) is 0 Å². The normalized spacial score (nSPS) is 8.76. The average molecular weight is 224 g/mol. The lowest BCUT2D eigenvalue weighted by Gasteiger charge is -1.89. The summed E-state index contributed by atoms with van der Waals surface area (Å²) in [7, 11) is 0. The molecule has 1 nitrogen and oxygen atoms in total. The van der Waals surface area contributed by atoms with Crippen molar-refractivity contribution < 1.29 is 4.79 Å². The molecule has 0 saturated carbocycles. The van der Waals surface area contributed by atoms with E-state index in [1.807, 2.05) is 66.7 Å². The van der Waals surface area contributed by atoms with Crippen LogP contribution in [0.2, 0.25) is 0 Å². The van der Waals surface area contributed by atoms with Gasteiger partial charge in [0.05, 0.1) is 0 Å². The lowest BCUT2D eigenvalue weighted by Crippen LogP contribution is -1.88. The van der Waals surface area contributed by atoms with E-state index >= 15 is 0 Å². The number of carbonyl (C=O) groups is 1. The fraction of sp³-hybridized carbons (Fsp3) is 0.0625. The van der Waals surface area contributed by atoms with Crippen LogP contribution >= 0.6 is 0 Å². The van der Waals surface area contributed by atoms with Crippen molar-refractivity contribution in [1.29, 1.82) is 0 Å². The number of hydrogen-bond acceptors (Lipinski definition) is 1. The highest BCUT2D eigenvalue weighted by molar-refractivity contribution is 5.93. The Morgan fingerprint density at radius 3 is 1.71 bits per heavy atom. The molecule has 17 heavy (non-hydrogen) atoms. The maximum absolute atomic E-state index is 10.6. The van der Waals surface area contributed by atoms with E-state index in [0.29, 0.717) is 0 Å². The molecule has 0 atom stereocenters. The minimum absolute atomic E-state index is 0.121. The quantitative estimate of drug-likeness (QED) is 0.698. The van der Waals surface area contributed by atoms with Gasteiger partial charge in [-0.05, 0) is 12.5 Å². The van der Waals surface area contributed by atoms with Crippen molar-refractivity contribution in [1.82, 2.24) is 0 Å². The Bertz CT molecular complexity index is 457. The molecule has 0 amide bonds. The molecule has 0 aromatic heterocycles. The Labute approximate surface area is 102 Å². The summed E-state index contributed by atoms with van der Waals surface area (Å²) < 4.78 is 0. The predicted molar refractivity (Wildman–Crippen MR) is 73.0 cm³/mol. The standard InChI is InChI=1S/C8H8O.C8H8/c1-7(9)8-5-3-2-4-6-8;1-2-8-6-4-3-5-7-8/h2-6H,1H3;2-7H,1H2. The predicted octanol–water partition coefficient (Wildman–Crippen LogP) is 4.22. The van der Waals surface area contributed by atoms with Gasteiger partial charge in [-0.2, -0.15) is 0 Å². The highest BCUT2D eigenvalue weighted by atomic mass is 16.1. The molecule has 0 N–H and O–H groups in total. The molecule has 0 heterocycles. The van der Waals surface area contributed by atoms with Gasteiger partial charge in [-0.15, -0.1) is 0 Å². The van der Waals surface area contributed by atoms with E-state index in [4.69, 9.17) is 0 Å². The summed E-state index contributed by atoms with van der Waals surface area (Å²) in [5.41, 5.74) is 1.95. The Balaban J connectivity index is 0.000000171. The molecule has 2 aromatic carbocycles. The lowest BCUT2D eigenvalue weighted by atomic mass is 10.2. The zero-order valence-corrected chi connectivity index (χ0v) is 9.97. The molecule has 0 aliphatic rings. The van der Waals surface area contributed by atoms with Gasteiger partial charge in [0.1, 0.15) is 0 Å². The van der Waals surface area contributed by atoms with Crippen molar-refractivity contribution in [3.8, 4) is 0 Å². The third kappa shape index (κ3) is 4.94. The highest BCUT2D eigenvalue weighted by Gasteiger charge is 1.92. The maximum atomic E-state index is 10.6. The summed E-state index contributed by atoms with van der Waals surface area (Å²) in [5, 5.41) is 0. The third-order valence-electron chi connectivity index (χ3n) is 2.22. The molecular formula is C16H16O. The van der Waals surface area contributed by atoms with E-state index in [1.54, 1.807) is 6.92 Å². The van der Waals surface area contributed by atoms with Crippen LogP contribution in [0.15, 0.2) is 67.2 Å². The molecular weight excluding hydrogens is 208 g/mol. The van der Waals surface area contributed by atoms with E-state index in [-0.39, 0.29) is 5.78 Å². The molecule has 0 bridgehead atoms. The average Bonchev–Trinajstić information content (AvgIpc) is 2.41. The first kappa shape index (κ1) is 12.9. The van der Waals surface area contributed by atoms with Gasteiger partial charge in [-0.3, -0.25) is 4.79 Å². The SMILES string of the molecule is C=Cc1ccccc1.CC(=O)c1ccccc1. The Hall–Kier alpha value is -2.15. The van der Waals surface area contributed by atoms with Gasteiger partial charge in [0.25, 0.3) is 0 Å². The van der Waals surface area contributed by atoms with E-state index in [1.165, 1.54) is 5.56 Å². The van der Waals surface area contributed by atoms with Crippen molar-refractivity contribution >= 4 is 11.9 Å². The summed E-state index contributed by atoms with van der Waals surface area (Å²) in [5.74, 6) is 0.121. The molecule has 0 aliphatic carbocycles. The monoisotopic (exact) mass is 224 g/mol. The van der Waals surface area contributed by atoms with Crippen LogP contribution in [0.3, 0.4) is 0 Å². The molecule has 1 heteroatoms. The largest absolute Gasteiger partial charge is 0.295 e. The number of hydrogen-bond donors (Lipinski definition) is 0. The van der Waals surface area contributed by atoms with Crippen LogP contribution in [0.5, 0.6) is 0 Å². The van der Waals surface area contributed by atoms with Gasteiger partial charge in [0.15, 0.2) is 5.78 Å². The summed E-state index contributed by atoms with van der Waals surface area (Å²) in [6.07, 6.45) is 1.83. The Morgan fingerprint density at radius 1 is 0.941 bits per heavy atom. The first-order chi connectivity index (χ1) is 8.24. The fourth-order valence-corrected chi connectivity index (χ4v) is 1.26. The minimum atomic E-state index is 0.121. The van der Waals surface area contributed by atoms with Gasteiger partial charge in [-0.1, -0.05) is 73.3 Å². The molecule has 0 spiro atoms. The van der Waals surface area contributed by atoms with Gasteiger partial charge in [0.2, 0.25) is 0 Å². The Morgan fingerprint density at radius 2 is 1.41 bits per heavy atom. The Kier molecular flexibility index (Phi) is 5.45. The second-order valence-electron chi connectivity index (χ2n) is 3.54. The van der Waals surface area contributed by atoms with Crippen LogP contribution < -0.4 is 0 Å². The van der Waals surface area contributed by atoms with Gasteiger partial charge < -0.3 is 0 Å².